The summed E-state index contributed by atoms with van der Waals surface area (Å²) in [5.41, 5.74) is -0.483. The van der Waals surface area contributed by atoms with Crippen LogP contribution < -0.4 is 5.32 Å². The molecule has 2 heterocycles. The fraction of sp³-hybridized carbons (Fsp3) is 0.739. The maximum absolute atomic E-state index is 12.7. The lowest BCUT2D eigenvalue weighted by Gasteiger charge is -2.58. The fourth-order valence-corrected chi connectivity index (χ4v) is 7.26. The highest BCUT2D eigenvalue weighted by molar-refractivity contribution is 5.91. The quantitative estimate of drug-likeness (QED) is 0.469. The number of nitrogens with zero attached hydrogens (tertiary/aromatic N) is 6. The third-order valence-electron chi connectivity index (χ3n) is 8.27. The van der Waals surface area contributed by atoms with Gasteiger partial charge in [-0.3, -0.25) is 19.7 Å². The number of likely N-dealkylation sites (tertiary alicyclic amines) is 1. The molecule has 0 aromatic carbocycles. The fourth-order valence-electron chi connectivity index (χ4n) is 7.26. The van der Waals surface area contributed by atoms with Crippen LogP contribution in [0.1, 0.15) is 74.1 Å². The van der Waals surface area contributed by atoms with Crippen molar-refractivity contribution in [1.29, 1.82) is 5.26 Å². The van der Waals surface area contributed by atoms with Crippen molar-refractivity contribution in [3.63, 3.8) is 0 Å². The monoisotopic (exact) mass is 467 g/mol. The summed E-state index contributed by atoms with van der Waals surface area (Å²) in [6.45, 7) is 0.971. The van der Waals surface area contributed by atoms with Gasteiger partial charge in [-0.1, -0.05) is 0 Å². The van der Waals surface area contributed by atoms with Gasteiger partial charge in [0.25, 0.3) is 5.91 Å². The van der Waals surface area contributed by atoms with E-state index in [-0.39, 0.29) is 28.5 Å². The molecule has 6 rings (SSSR count). The van der Waals surface area contributed by atoms with E-state index in [1.165, 1.54) is 11.1 Å². The molecule has 0 spiro atoms. The van der Waals surface area contributed by atoms with Crippen molar-refractivity contribution in [2.75, 3.05) is 13.1 Å². The van der Waals surface area contributed by atoms with Crippen LogP contribution in [0.3, 0.4) is 0 Å². The van der Waals surface area contributed by atoms with Crippen LogP contribution in [-0.2, 0) is 11.2 Å². The maximum atomic E-state index is 12.7. The van der Waals surface area contributed by atoms with Crippen molar-refractivity contribution in [2.45, 2.75) is 75.8 Å². The number of nitrogens with one attached hydrogen (secondary N) is 1. The van der Waals surface area contributed by atoms with Crippen molar-refractivity contribution in [3.8, 4) is 6.07 Å². The van der Waals surface area contributed by atoms with Gasteiger partial charge in [0.1, 0.15) is 6.04 Å². The second kappa shape index (κ2) is 8.56. The van der Waals surface area contributed by atoms with Crippen LogP contribution in [0.2, 0.25) is 0 Å². The minimum atomic E-state index is -0.801. The third kappa shape index (κ3) is 4.10. The van der Waals surface area contributed by atoms with Gasteiger partial charge in [0.2, 0.25) is 17.3 Å². The van der Waals surface area contributed by atoms with Gasteiger partial charge in [0.15, 0.2) is 0 Å². The van der Waals surface area contributed by atoms with Gasteiger partial charge in [0, 0.05) is 50.1 Å². The van der Waals surface area contributed by atoms with E-state index < -0.39 is 17.5 Å². The smallest absolute Gasteiger partial charge is 0.294 e. The Morgan fingerprint density at radius 2 is 2.06 bits per heavy atom. The third-order valence-corrected chi connectivity index (χ3v) is 8.27. The van der Waals surface area contributed by atoms with E-state index in [1.807, 2.05) is 0 Å². The Bertz CT molecular complexity index is 1040. The second-order valence-electron chi connectivity index (χ2n) is 10.8. The van der Waals surface area contributed by atoms with E-state index in [9.17, 15) is 25.0 Å². The minimum Gasteiger partial charge on any atom is -0.356 e. The molecule has 5 fully saturated rings. The normalized spacial score (nSPS) is 33.5. The number of carbonyl (C=O) groups is 2. The number of hydrogen-bond acceptors (Lipinski definition) is 8. The summed E-state index contributed by atoms with van der Waals surface area (Å²) >= 11 is 0. The SMILES string of the molecule is N#C[C@@H]1CCCN1C(=O)c1nncc(CCC(=O)NCC23CC4CC(C2)CC([N+](=O)[O-])(C4)C3)n1. The molecule has 11 nitrogen and oxygen atoms in total. The van der Waals surface area contributed by atoms with Crippen LogP contribution in [0.4, 0.5) is 0 Å². The number of carbonyl (C=O) groups excluding carboxylic acids is 2. The molecule has 180 valence electrons. The average molecular weight is 468 g/mol. The molecule has 1 N–H and O–H groups in total. The first-order valence-electron chi connectivity index (χ1n) is 12.1. The number of aryl methyl sites for hydroxylation is 1. The topological polar surface area (TPSA) is 155 Å². The second-order valence-corrected chi connectivity index (χ2v) is 10.8. The molecule has 1 aromatic heterocycles. The average Bonchev–Trinajstić information content (AvgIpc) is 3.29. The Kier molecular flexibility index (Phi) is 5.70. The van der Waals surface area contributed by atoms with Crippen LogP contribution in [-0.4, -0.2) is 61.5 Å². The summed E-state index contributed by atoms with van der Waals surface area (Å²) < 4.78 is 0. The number of nitro groups is 1. The molecule has 3 atom stereocenters. The van der Waals surface area contributed by atoms with E-state index in [1.54, 1.807) is 0 Å². The van der Waals surface area contributed by atoms with Crippen molar-refractivity contribution < 1.29 is 14.5 Å². The first-order valence-corrected chi connectivity index (χ1v) is 12.1. The first kappa shape index (κ1) is 22.6. The lowest BCUT2D eigenvalue weighted by atomic mass is 9.47. The zero-order valence-electron chi connectivity index (χ0n) is 19.1. The molecule has 4 saturated carbocycles. The molecule has 5 aliphatic rings. The summed E-state index contributed by atoms with van der Waals surface area (Å²) in [6.07, 6.45) is 8.25. The maximum Gasteiger partial charge on any atom is 0.294 e. The summed E-state index contributed by atoms with van der Waals surface area (Å²) in [4.78, 5) is 42.8. The molecule has 0 radical (unpaired) electrons. The molecule has 1 aromatic rings. The lowest BCUT2D eigenvalue weighted by molar-refractivity contribution is -0.591. The molecule has 2 amide bonds. The van der Waals surface area contributed by atoms with E-state index in [0.717, 1.165) is 25.7 Å². The molecule has 4 bridgehead atoms. The van der Waals surface area contributed by atoms with Crippen molar-refractivity contribution in [2.24, 2.45) is 17.3 Å². The van der Waals surface area contributed by atoms with Gasteiger partial charge in [-0.2, -0.15) is 10.4 Å². The molecule has 2 unspecified atom stereocenters. The standard InChI is InChI=1S/C23H29N7O4/c24-11-18-2-1-5-29(18)21(32)20-27-17(12-26-28-20)3-4-19(31)25-14-22-7-15-6-16(8-22)10-23(9-15,13-22)30(33)34/h12,15-16,18H,1-10,13-14H2,(H,25,31)/t15?,16?,18-,22?,23?/m0/s1. The number of nitriles is 1. The lowest BCUT2D eigenvalue weighted by Crippen LogP contribution is -2.61. The number of hydrogen-bond donors (Lipinski definition) is 1. The van der Waals surface area contributed by atoms with Gasteiger partial charge in [-0.05, 0) is 49.4 Å². The van der Waals surface area contributed by atoms with E-state index in [0.29, 0.717) is 62.7 Å². The van der Waals surface area contributed by atoms with Crippen LogP contribution >= 0.6 is 0 Å². The molecule has 1 aliphatic heterocycles. The van der Waals surface area contributed by atoms with E-state index in [2.05, 4.69) is 26.6 Å². The Labute approximate surface area is 197 Å². The number of amides is 2. The van der Waals surface area contributed by atoms with Gasteiger partial charge in [0.05, 0.1) is 18.0 Å². The van der Waals surface area contributed by atoms with E-state index in [4.69, 9.17) is 0 Å². The molecule has 4 aliphatic carbocycles. The molecule has 1 saturated heterocycles. The molecular formula is C23H29N7O4. The largest absolute Gasteiger partial charge is 0.356 e. The van der Waals surface area contributed by atoms with E-state index >= 15 is 0 Å². The highest BCUT2D eigenvalue weighted by Gasteiger charge is 2.63. The Hall–Kier alpha value is -3.16. The highest BCUT2D eigenvalue weighted by Crippen LogP contribution is 2.62. The van der Waals surface area contributed by atoms with Crippen LogP contribution in [0.15, 0.2) is 6.20 Å². The summed E-state index contributed by atoms with van der Waals surface area (Å²) in [6, 6.07) is 1.66. The summed E-state index contributed by atoms with van der Waals surface area (Å²) in [7, 11) is 0. The number of aromatic nitrogens is 3. The minimum absolute atomic E-state index is 0.0526. The molecule has 34 heavy (non-hydrogen) atoms. The van der Waals surface area contributed by atoms with Crippen LogP contribution in [0.5, 0.6) is 0 Å². The molecular weight excluding hydrogens is 438 g/mol. The summed E-state index contributed by atoms with van der Waals surface area (Å²) in [5.74, 6) is 0.176. The Morgan fingerprint density at radius 1 is 1.29 bits per heavy atom. The highest BCUT2D eigenvalue weighted by atomic mass is 16.6. The van der Waals surface area contributed by atoms with Crippen molar-refractivity contribution in [3.05, 3.63) is 27.8 Å². The van der Waals surface area contributed by atoms with Gasteiger partial charge >= 0.3 is 0 Å². The summed E-state index contributed by atoms with van der Waals surface area (Å²) in [5, 5.41) is 31.8. The van der Waals surface area contributed by atoms with Gasteiger partial charge < -0.3 is 10.2 Å². The van der Waals surface area contributed by atoms with Gasteiger partial charge in [-0.25, -0.2) is 4.98 Å². The molecule has 11 heteroatoms. The van der Waals surface area contributed by atoms with Crippen molar-refractivity contribution >= 4 is 11.8 Å². The predicted octanol–water partition coefficient (Wildman–Crippen LogP) is 1.66. The zero-order valence-corrected chi connectivity index (χ0v) is 19.1. The van der Waals surface area contributed by atoms with Crippen LogP contribution in [0, 0.1) is 38.7 Å². The van der Waals surface area contributed by atoms with Gasteiger partial charge in [-0.15, -0.1) is 5.10 Å². The Balaban J connectivity index is 1.16. The van der Waals surface area contributed by atoms with Crippen molar-refractivity contribution in [1.82, 2.24) is 25.4 Å². The van der Waals surface area contributed by atoms with Crippen LogP contribution in [0.25, 0.3) is 0 Å². The first-order chi connectivity index (χ1) is 16.3. The number of rotatable bonds is 7. The Morgan fingerprint density at radius 3 is 2.76 bits per heavy atom. The predicted molar refractivity (Wildman–Crippen MR) is 118 cm³/mol. The zero-order chi connectivity index (χ0) is 23.9.